The molecular weight excluding hydrogens is 288 g/mol. The number of halogens is 1. The van der Waals surface area contributed by atoms with Gasteiger partial charge in [-0.3, -0.25) is 14.9 Å². The SMILES string of the molecule is CN(C(=O)c1cc([N+](=O)[O-])ccc1Br)C1CC1. The van der Waals surface area contributed by atoms with Crippen molar-refractivity contribution in [3.63, 3.8) is 0 Å². The van der Waals surface area contributed by atoms with Gasteiger partial charge < -0.3 is 4.90 Å². The number of nitro benzene ring substituents is 1. The molecule has 1 saturated carbocycles. The van der Waals surface area contributed by atoms with Crippen molar-refractivity contribution in [3.05, 3.63) is 38.3 Å². The van der Waals surface area contributed by atoms with Crippen LogP contribution >= 0.6 is 15.9 Å². The lowest BCUT2D eigenvalue weighted by Gasteiger charge is -2.16. The Bertz CT molecular complexity index is 486. The second-order valence-corrected chi connectivity index (χ2v) is 4.92. The van der Waals surface area contributed by atoms with Crippen LogP contribution in [0.1, 0.15) is 23.2 Å². The van der Waals surface area contributed by atoms with Crippen molar-refractivity contribution < 1.29 is 9.72 Å². The average Bonchev–Trinajstić information content (AvgIpc) is 3.11. The van der Waals surface area contributed by atoms with Crippen molar-refractivity contribution in [2.24, 2.45) is 0 Å². The van der Waals surface area contributed by atoms with E-state index >= 15 is 0 Å². The van der Waals surface area contributed by atoms with E-state index in [2.05, 4.69) is 15.9 Å². The summed E-state index contributed by atoms with van der Waals surface area (Å²) in [6.45, 7) is 0. The third-order valence-electron chi connectivity index (χ3n) is 2.81. The molecular formula is C11H11BrN2O3. The Labute approximate surface area is 107 Å². The van der Waals surface area contributed by atoms with Gasteiger partial charge in [0.1, 0.15) is 0 Å². The molecule has 0 spiro atoms. The number of nitro groups is 1. The fourth-order valence-corrected chi connectivity index (χ4v) is 2.02. The Morgan fingerprint density at radius 2 is 2.18 bits per heavy atom. The zero-order valence-corrected chi connectivity index (χ0v) is 10.8. The topological polar surface area (TPSA) is 63.5 Å². The van der Waals surface area contributed by atoms with E-state index in [1.165, 1.54) is 18.2 Å². The van der Waals surface area contributed by atoms with Gasteiger partial charge in [0.05, 0.1) is 10.5 Å². The summed E-state index contributed by atoms with van der Waals surface area (Å²) >= 11 is 3.25. The lowest BCUT2D eigenvalue weighted by molar-refractivity contribution is -0.384. The maximum Gasteiger partial charge on any atom is 0.270 e. The van der Waals surface area contributed by atoms with Crippen molar-refractivity contribution in [2.45, 2.75) is 18.9 Å². The van der Waals surface area contributed by atoms with Crippen molar-refractivity contribution in [1.29, 1.82) is 0 Å². The normalized spacial score (nSPS) is 14.5. The highest BCUT2D eigenvalue weighted by molar-refractivity contribution is 9.10. The molecule has 0 saturated heterocycles. The smallest absolute Gasteiger partial charge is 0.270 e. The summed E-state index contributed by atoms with van der Waals surface area (Å²) < 4.78 is 0.584. The average molecular weight is 299 g/mol. The van der Waals surface area contributed by atoms with E-state index in [1.807, 2.05) is 0 Å². The number of rotatable bonds is 3. The molecule has 1 fully saturated rings. The van der Waals surface area contributed by atoms with Crippen LogP contribution in [-0.4, -0.2) is 28.8 Å². The molecule has 6 heteroatoms. The van der Waals surface area contributed by atoms with E-state index in [0.717, 1.165) is 12.8 Å². The van der Waals surface area contributed by atoms with Gasteiger partial charge in [0, 0.05) is 29.7 Å². The molecule has 0 bridgehead atoms. The van der Waals surface area contributed by atoms with E-state index in [-0.39, 0.29) is 17.6 Å². The highest BCUT2D eigenvalue weighted by Gasteiger charge is 2.31. The predicted octanol–water partition coefficient (Wildman–Crippen LogP) is 2.59. The van der Waals surface area contributed by atoms with Gasteiger partial charge in [0.2, 0.25) is 0 Å². The van der Waals surface area contributed by atoms with Gasteiger partial charge >= 0.3 is 0 Å². The van der Waals surface area contributed by atoms with Crippen LogP contribution in [0.3, 0.4) is 0 Å². The van der Waals surface area contributed by atoms with Crippen LogP contribution in [0.4, 0.5) is 5.69 Å². The minimum Gasteiger partial charge on any atom is -0.339 e. The second-order valence-electron chi connectivity index (χ2n) is 4.07. The number of amides is 1. The van der Waals surface area contributed by atoms with Crippen molar-refractivity contribution >= 4 is 27.5 Å². The molecule has 90 valence electrons. The van der Waals surface area contributed by atoms with E-state index < -0.39 is 4.92 Å². The number of benzene rings is 1. The first-order valence-corrected chi connectivity index (χ1v) is 6.01. The Morgan fingerprint density at radius 1 is 1.53 bits per heavy atom. The second kappa shape index (κ2) is 4.44. The molecule has 1 aliphatic carbocycles. The van der Waals surface area contributed by atoms with Crippen molar-refractivity contribution in [1.82, 2.24) is 4.90 Å². The van der Waals surface area contributed by atoms with Crippen molar-refractivity contribution in [2.75, 3.05) is 7.05 Å². The van der Waals surface area contributed by atoms with Gasteiger partial charge in [-0.25, -0.2) is 0 Å². The standard InChI is InChI=1S/C11H11BrN2O3/c1-13(7-2-3-7)11(15)9-6-8(14(16)17)4-5-10(9)12/h4-7H,2-3H2,1H3. The minimum atomic E-state index is -0.500. The molecule has 1 aromatic rings. The van der Waals surface area contributed by atoms with Crippen LogP contribution in [-0.2, 0) is 0 Å². The molecule has 5 nitrogen and oxygen atoms in total. The molecule has 1 amide bonds. The van der Waals surface area contributed by atoms with Gasteiger partial charge in [0.15, 0.2) is 0 Å². The van der Waals surface area contributed by atoms with E-state index in [0.29, 0.717) is 10.0 Å². The van der Waals surface area contributed by atoms with Crippen LogP contribution in [0.15, 0.2) is 22.7 Å². The Kier molecular flexibility index (Phi) is 3.15. The summed E-state index contributed by atoms with van der Waals surface area (Å²) in [4.78, 5) is 23.9. The lowest BCUT2D eigenvalue weighted by Crippen LogP contribution is -2.29. The number of hydrogen-bond donors (Lipinski definition) is 0. The molecule has 0 heterocycles. The molecule has 1 aliphatic rings. The molecule has 0 N–H and O–H groups in total. The number of hydrogen-bond acceptors (Lipinski definition) is 3. The maximum absolute atomic E-state index is 12.1. The summed E-state index contributed by atoms with van der Waals surface area (Å²) in [5, 5.41) is 10.7. The van der Waals surface area contributed by atoms with Gasteiger partial charge in [-0.1, -0.05) is 0 Å². The summed E-state index contributed by atoms with van der Waals surface area (Å²) in [6.07, 6.45) is 2.02. The highest BCUT2D eigenvalue weighted by atomic mass is 79.9. The monoisotopic (exact) mass is 298 g/mol. The molecule has 0 aliphatic heterocycles. The molecule has 0 unspecified atom stereocenters. The third-order valence-corrected chi connectivity index (χ3v) is 3.50. The predicted molar refractivity (Wildman–Crippen MR) is 65.9 cm³/mol. The summed E-state index contributed by atoms with van der Waals surface area (Å²) in [5.74, 6) is -0.178. The largest absolute Gasteiger partial charge is 0.339 e. The van der Waals surface area contributed by atoms with Gasteiger partial charge in [-0.15, -0.1) is 0 Å². The van der Waals surface area contributed by atoms with Crippen LogP contribution in [0.25, 0.3) is 0 Å². The van der Waals surface area contributed by atoms with Crippen LogP contribution in [0.5, 0.6) is 0 Å². The first kappa shape index (κ1) is 12.0. The van der Waals surface area contributed by atoms with Crippen LogP contribution in [0.2, 0.25) is 0 Å². The molecule has 0 aromatic heterocycles. The lowest BCUT2D eigenvalue weighted by atomic mass is 10.2. The van der Waals surface area contributed by atoms with E-state index in [1.54, 1.807) is 11.9 Å². The highest BCUT2D eigenvalue weighted by Crippen LogP contribution is 2.29. The van der Waals surface area contributed by atoms with Crippen LogP contribution < -0.4 is 0 Å². The Hall–Kier alpha value is -1.43. The summed E-state index contributed by atoms with van der Waals surface area (Å²) in [6, 6.07) is 4.50. The van der Waals surface area contributed by atoms with Gasteiger partial charge in [-0.2, -0.15) is 0 Å². The number of carbonyl (C=O) groups excluding carboxylic acids is 1. The van der Waals surface area contributed by atoms with Crippen molar-refractivity contribution in [3.8, 4) is 0 Å². The maximum atomic E-state index is 12.1. The molecule has 2 rings (SSSR count). The molecule has 17 heavy (non-hydrogen) atoms. The zero-order chi connectivity index (χ0) is 12.6. The summed E-state index contributed by atoms with van der Waals surface area (Å²) in [7, 11) is 1.73. The first-order chi connectivity index (χ1) is 8.00. The van der Waals surface area contributed by atoms with Gasteiger partial charge in [0.25, 0.3) is 11.6 Å². The molecule has 0 radical (unpaired) electrons. The number of non-ortho nitro benzene ring substituents is 1. The minimum absolute atomic E-state index is 0.0688. The quantitative estimate of drug-likeness (QED) is 0.636. The summed E-state index contributed by atoms with van der Waals surface area (Å²) in [5.41, 5.74) is 0.273. The molecule has 1 aromatic carbocycles. The zero-order valence-electron chi connectivity index (χ0n) is 9.22. The van der Waals surface area contributed by atoms with E-state index in [4.69, 9.17) is 0 Å². The molecule has 0 atom stereocenters. The van der Waals surface area contributed by atoms with E-state index in [9.17, 15) is 14.9 Å². The fourth-order valence-electron chi connectivity index (χ4n) is 1.61. The third kappa shape index (κ3) is 2.46. The van der Waals surface area contributed by atoms with Gasteiger partial charge in [-0.05, 0) is 34.8 Å². The first-order valence-electron chi connectivity index (χ1n) is 5.22. The number of carbonyl (C=O) groups is 1. The van der Waals surface area contributed by atoms with Crippen LogP contribution in [0, 0.1) is 10.1 Å². The number of nitrogens with zero attached hydrogens (tertiary/aromatic N) is 2. The fraction of sp³-hybridized carbons (Fsp3) is 0.364. The Balaban J connectivity index is 2.32. The Morgan fingerprint density at radius 3 is 2.71 bits per heavy atom.